The maximum atomic E-state index is 14.4. The first kappa shape index (κ1) is 46.9. The Hall–Kier alpha value is -4.09. The summed E-state index contributed by atoms with van der Waals surface area (Å²) < 4.78 is 72.5. The molecule has 3 heterocycles. The Labute approximate surface area is 381 Å². The fourth-order valence-electron chi connectivity index (χ4n) is 8.11. The minimum Gasteiger partial charge on any atom is -0.380 e. The van der Waals surface area contributed by atoms with E-state index in [2.05, 4.69) is 34.7 Å². The van der Waals surface area contributed by atoms with Gasteiger partial charge in [0.05, 0.1) is 25.9 Å². The van der Waals surface area contributed by atoms with Gasteiger partial charge in [0.15, 0.2) is 9.84 Å². The van der Waals surface area contributed by atoms with E-state index in [1.165, 1.54) is 24.5 Å². The summed E-state index contributed by atoms with van der Waals surface area (Å²) in [4.78, 5) is 16.8. The number of sulfonamides is 1. The molecule has 1 fully saturated rings. The van der Waals surface area contributed by atoms with Crippen molar-refractivity contribution in [1.82, 2.24) is 24.7 Å². The fourth-order valence-corrected chi connectivity index (χ4v) is 11.7. The van der Waals surface area contributed by atoms with Gasteiger partial charge in [-0.2, -0.15) is 0 Å². The predicted octanol–water partition coefficient (Wildman–Crippen LogP) is 8.86. The number of aromatic nitrogens is 2. The quantitative estimate of drug-likeness (QED) is 0.0922. The lowest BCUT2D eigenvalue weighted by molar-refractivity contribution is 0.0937. The number of likely N-dealkylation sites (tertiary alicyclic amines) is 1. The SMILES string of the molecule is CN(C)CCC(CSc1ccccc1)Nc1ccc(S(=O)(=O)Nc2ncnc3c2CCN(C2CCN(Cc4ccc(F)cc4-c4ccc(Cl)cc4)CC2)C3)cc1S(=O)(=O)C(C)(C)C. The molecular weight excluding hydrogens is 877 g/mol. The van der Waals surface area contributed by atoms with Crippen molar-refractivity contribution in [3.63, 3.8) is 0 Å². The monoisotopic (exact) mass is 933 g/mol. The van der Waals surface area contributed by atoms with E-state index in [0.29, 0.717) is 48.6 Å². The predicted molar refractivity (Wildman–Crippen MR) is 253 cm³/mol. The second kappa shape index (κ2) is 20.0. The van der Waals surface area contributed by atoms with Crippen LogP contribution >= 0.6 is 23.4 Å². The Morgan fingerprint density at radius 1 is 0.921 bits per heavy atom. The Bertz CT molecular complexity index is 2590. The lowest BCUT2D eigenvalue weighted by Crippen LogP contribution is -2.46. The molecule has 336 valence electrons. The van der Waals surface area contributed by atoms with Crippen LogP contribution in [0.4, 0.5) is 15.9 Å². The molecule has 1 unspecified atom stereocenters. The Kier molecular flexibility index (Phi) is 14.9. The molecule has 1 saturated heterocycles. The highest BCUT2D eigenvalue weighted by Gasteiger charge is 2.35. The number of piperidine rings is 1. The number of benzene rings is 4. The molecular formula is C47H57ClFN7O4S3. The number of nitrogens with one attached hydrogen (secondary N) is 2. The average molecular weight is 935 g/mol. The van der Waals surface area contributed by atoms with Crippen molar-refractivity contribution in [2.75, 3.05) is 56.1 Å². The number of rotatable bonds is 16. The first-order valence-corrected chi connectivity index (χ1v) is 25.6. The number of halogens is 2. The van der Waals surface area contributed by atoms with E-state index in [4.69, 9.17) is 11.6 Å². The highest BCUT2D eigenvalue weighted by Crippen LogP contribution is 2.36. The molecule has 2 aliphatic heterocycles. The highest BCUT2D eigenvalue weighted by atomic mass is 35.5. The molecule has 16 heteroatoms. The van der Waals surface area contributed by atoms with Gasteiger partial charge in [-0.1, -0.05) is 48.0 Å². The summed E-state index contributed by atoms with van der Waals surface area (Å²) in [6.45, 7) is 9.37. The third kappa shape index (κ3) is 11.6. The van der Waals surface area contributed by atoms with Gasteiger partial charge in [-0.25, -0.2) is 31.2 Å². The standard InChI is InChI=1S/C47H57ClFN7O4S3/c1-47(2,3)62(57,58)45-28-40(17-18-43(45)52-37(19-23-54(4)5)31-61-39-9-7-6-8-10-39)63(59,60)53-46-41-22-26-56(30-44(41)50-32-51-46)38-20-24-55(25-21-38)29-34-13-16-36(49)27-42(34)33-11-14-35(48)15-12-33/h6-18,27-28,32,37-38,52H,19-26,29-31H2,1-5H3,(H,50,51,53). The van der Waals surface area contributed by atoms with Crippen LogP contribution in [-0.4, -0.2) is 104 Å². The molecule has 0 amide bonds. The topological polar surface area (TPSA) is 128 Å². The van der Waals surface area contributed by atoms with E-state index < -0.39 is 24.6 Å². The lowest BCUT2D eigenvalue weighted by Gasteiger charge is -2.40. The number of anilines is 2. The second-order valence-electron chi connectivity index (χ2n) is 17.6. The molecule has 0 radical (unpaired) electrons. The zero-order valence-corrected chi connectivity index (χ0v) is 39.7. The van der Waals surface area contributed by atoms with Gasteiger partial charge in [-0.15, -0.1) is 11.8 Å². The molecule has 63 heavy (non-hydrogen) atoms. The summed E-state index contributed by atoms with van der Waals surface area (Å²) in [5.41, 5.74) is 4.73. The van der Waals surface area contributed by atoms with Crippen molar-refractivity contribution in [2.24, 2.45) is 0 Å². The van der Waals surface area contributed by atoms with E-state index in [-0.39, 0.29) is 27.5 Å². The molecule has 0 bridgehead atoms. The van der Waals surface area contributed by atoms with Crippen molar-refractivity contribution in [2.45, 2.75) is 91.1 Å². The van der Waals surface area contributed by atoms with Crippen molar-refractivity contribution < 1.29 is 21.2 Å². The maximum Gasteiger partial charge on any atom is 0.263 e. The lowest BCUT2D eigenvalue weighted by atomic mass is 9.96. The van der Waals surface area contributed by atoms with Crippen molar-refractivity contribution in [1.29, 1.82) is 0 Å². The van der Waals surface area contributed by atoms with Gasteiger partial charge in [0.2, 0.25) is 0 Å². The zero-order chi connectivity index (χ0) is 44.9. The van der Waals surface area contributed by atoms with Gasteiger partial charge in [0.1, 0.15) is 18.0 Å². The summed E-state index contributed by atoms with van der Waals surface area (Å²) in [7, 11) is -4.27. The zero-order valence-electron chi connectivity index (χ0n) is 36.5. The molecule has 7 rings (SSSR count). The first-order chi connectivity index (χ1) is 30.0. The molecule has 0 spiro atoms. The molecule has 11 nitrogen and oxygen atoms in total. The van der Waals surface area contributed by atoms with E-state index in [1.807, 2.05) is 74.8 Å². The second-order valence-corrected chi connectivity index (χ2v) is 23.5. The number of thioether (sulfide) groups is 1. The van der Waals surface area contributed by atoms with Crippen LogP contribution in [0.2, 0.25) is 5.02 Å². The van der Waals surface area contributed by atoms with Crippen LogP contribution in [-0.2, 0) is 39.4 Å². The van der Waals surface area contributed by atoms with Crippen LogP contribution in [0.5, 0.6) is 0 Å². The number of fused-ring (bicyclic) bond motifs is 1. The third-order valence-electron chi connectivity index (χ3n) is 11.8. The summed E-state index contributed by atoms with van der Waals surface area (Å²) in [5, 5.41) is 4.13. The minimum atomic E-state index is -4.27. The third-order valence-corrected chi connectivity index (χ3v) is 17.1. The largest absolute Gasteiger partial charge is 0.380 e. The number of hydrogen-bond donors (Lipinski definition) is 2. The van der Waals surface area contributed by atoms with Gasteiger partial charge in [-0.3, -0.25) is 14.5 Å². The van der Waals surface area contributed by atoms with Crippen molar-refractivity contribution in [3.05, 3.63) is 125 Å². The van der Waals surface area contributed by atoms with E-state index in [0.717, 1.165) is 71.7 Å². The van der Waals surface area contributed by atoms with Crippen LogP contribution in [0.1, 0.15) is 56.9 Å². The molecule has 1 atom stereocenters. The average Bonchev–Trinajstić information content (AvgIpc) is 3.25. The molecule has 1 aromatic heterocycles. The van der Waals surface area contributed by atoms with E-state index in [9.17, 15) is 21.2 Å². The molecule has 0 saturated carbocycles. The van der Waals surface area contributed by atoms with Crippen LogP contribution < -0.4 is 10.0 Å². The molecule has 2 N–H and O–H groups in total. The number of sulfone groups is 1. The van der Waals surface area contributed by atoms with Crippen LogP contribution in [0, 0.1) is 5.82 Å². The van der Waals surface area contributed by atoms with E-state index >= 15 is 0 Å². The van der Waals surface area contributed by atoms with Gasteiger partial charge in [-0.05, 0) is 151 Å². The highest BCUT2D eigenvalue weighted by molar-refractivity contribution is 7.99. The van der Waals surface area contributed by atoms with Crippen LogP contribution in [0.25, 0.3) is 11.1 Å². The molecule has 4 aromatic carbocycles. The van der Waals surface area contributed by atoms with E-state index in [1.54, 1.807) is 44.7 Å². The summed E-state index contributed by atoms with van der Waals surface area (Å²) >= 11 is 7.80. The smallest absolute Gasteiger partial charge is 0.263 e. The van der Waals surface area contributed by atoms with Crippen LogP contribution in [0.3, 0.4) is 0 Å². The van der Waals surface area contributed by atoms with Gasteiger partial charge < -0.3 is 10.2 Å². The van der Waals surface area contributed by atoms with Gasteiger partial charge in [0.25, 0.3) is 10.0 Å². The number of nitrogens with zero attached hydrogens (tertiary/aromatic N) is 5. The molecule has 2 aliphatic rings. The van der Waals surface area contributed by atoms with Crippen LogP contribution in [0.15, 0.2) is 112 Å². The fraction of sp³-hybridized carbons (Fsp3) is 0.404. The van der Waals surface area contributed by atoms with Gasteiger partial charge in [0, 0.05) is 53.0 Å². The summed E-state index contributed by atoms with van der Waals surface area (Å²) in [6.07, 6.45) is 4.57. The molecule has 0 aliphatic carbocycles. The summed E-state index contributed by atoms with van der Waals surface area (Å²) in [6, 6.07) is 27.0. The maximum absolute atomic E-state index is 14.4. The number of hydrogen-bond acceptors (Lipinski definition) is 11. The Morgan fingerprint density at radius 3 is 2.35 bits per heavy atom. The van der Waals surface area contributed by atoms with Gasteiger partial charge >= 0.3 is 0 Å². The van der Waals surface area contributed by atoms with Crippen molar-refractivity contribution in [3.8, 4) is 11.1 Å². The Morgan fingerprint density at radius 2 is 1.65 bits per heavy atom. The Balaban J connectivity index is 1.04. The minimum absolute atomic E-state index is 0.0662. The van der Waals surface area contributed by atoms with Crippen molar-refractivity contribution >= 4 is 54.7 Å². The first-order valence-electron chi connectivity index (χ1n) is 21.3. The molecule has 5 aromatic rings. The normalized spacial score (nSPS) is 16.2. The summed E-state index contributed by atoms with van der Waals surface area (Å²) in [5.74, 6) is 0.604.